The highest BCUT2D eigenvalue weighted by Gasteiger charge is 2.11. The number of carbonyl (C=O) groups excluding carboxylic acids is 1. The highest BCUT2D eigenvalue weighted by Crippen LogP contribution is 2.27. The molecule has 6 nitrogen and oxygen atoms in total. The van der Waals surface area contributed by atoms with Gasteiger partial charge in [-0.3, -0.25) is 4.99 Å². The molecule has 0 bridgehead atoms. The van der Waals surface area contributed by atoms with Gasteiger partial charge in [0.05, 0.1) is 12.2 Å². The number of benzene rings is 3. The van der Waals surface area contributed by atoms with Gasteiger partial charge in [0.1, 0.15) is 28.7 Å². The van der Waals surface area contributed by atoms with Crippen molar-refractivity contribution in [2.45, 2.75) is 39.0 Å². The van der Waals surface area contributed by atoms with Crippen LogP contribution >= 0.6 is 0 Å². The van der Waals surface area contributed by atoms with Gasteiger partial charge >= 0.3 is 5.97 Å². The quantitative estimate of drug-likeness (QED) is 0.153. The van der Waals surface area contributed by atoms with Crippen LogP contribution < -0.4 is 9.47 Å². The molecule has 0 unspecified atom stereocenters. The van der Waals surface area contributed by atoms with Crippen molar-refractivity contribution in [2.24, 2.45) is 4.99 Å². The molecule has 0 saturated carbocycles. The summed E-state index contributed by atoms with van der Waals surface area (Å²) in [6.45, 7) is 2.85. The molecule has 0 heterocycles. The van der Waals surface area contributed by atoms with Crippen LogP contribution in [0.3, 0.4) is 0 Å². The molecule has 0 fully saturated rings. The summed E-state index contributed by atoms with van der Waals surface area (Å²) in [4.78, 5) is 16.6. The maximum atomic E-state index is 12.4. The van der Waals surface area contributed by atoms with Gasteiger partial charge in [0.15, 0.2) is 0 Å². The first-order valence-electron chi connectivity index (χ1n) is 11.2. The van der Waals surface area contributed by atoms with Gasteiger partial charge in [-0.25, -0.2) is 4.79 Å². The summed E-state index contributed by atoms with van der Waals surface area (Å²) in [5.41, 5.74) is 1.19. The van der Waals surface area contributed by atoms with E-state index >= 15 is 0 Å². The van der Waals surface area contributed by atoms with Crippen molar-refractivity contribution in [1.29, 1.82) is 0 Å². The Morgan fingerprint density at radius 2 is 1.61 bits per heavy atom. The maximum Gasteiger partial charge on any atom is 0.343 e. The molecule has 3 aromatic carbocycles. The predicted molar refractivity (Wildman–Crippen MR) is 129 cm³/mol. The molecular weight excluding hydrogens is 418 g/mol. The SMILES string of the molecule is CCCCCCCOc1ccc(C(=O)Oc2ccc(C=Nc3ccccc3O)c(O)c2)cc1. The highest BCUT2D eigenvalue weighted by atomic mass is 16.5. The van der Waals surface area contributed by atoms with Crippen molar-refractivity contribution in [3.05, 3.63) is 77.9 Å². The second kappa shape index (κ2) is 12.3. The van der Waals surface area contributed by atoms with Crippen LogP contribution in [0.25, 0.3) is 0 Å². The molecule has 0 radical (unpaired) electrons. The average molecular weight is 448 g/mol. The Bertz CT molecular complexity index is 1080. The van der Waals surface area contributed by atoms with E-state index in [9.17, 15) is 15.0 Å². The highest BCUT2D eigenvalue weighted by molar-refractivity contribution is 5.91. The number of hydrogen-bond acceptors (Lipinski definition) is 6. The summed E-state index contributed by atoms with van der Waals surface area (Å²) >= 11 is 0. The standard InChI is InChI=1S/C27H29NO5/c1-2-3-4-5-8-17-32-22-14-11-20(12-15-22)27(31)33-23-16-13-21(26(30)18-23)19-28-24-9-6-7-10-25(24)29/h6-7,9-16,18-19,29-30H,2-5,8,17H2,1H3. The molecule has 2 N–H and O–H groups in total. The average Bonchev–Trinajstić information content (AvgIpc) is 2.82. The molecule has 3 rings (SSSR count). The van der Waals surface area contributed by atoms with E-state index in [2.05, 4.69) is 11.9 Å². The van der Waals surface area contributed by atoms with E-state index in [4.69, 9.17) is 9.47 Å². The predicted octanol–water partition coefficient (Wildman–Crippen LogP) is 6.42. The lowest BCUT2D eigenvalue weighted by Crippen LogP contribution is -2.08. The van der Waals surface area contributed by atoms with Crippen LogP contribution in [0, 0.1) is 0 Å². The first kappa shape index (κ1) is 23.9. The van der Waals surface area contributed by atoms with Crippen LogP contribution in [-0.2, 0) is 0 Å². The van der Waals surface area contributed by atoms with E-state index in [1.54, 1.807) is 54.6 Å². The fourth-order valence-electron chi connectivity index (χ4n) is 3.16. The molecule has 0 aliphatic heterocycles. The zero-order valence-electron chi connectivity index (χ0n) is 18.7. The van der Waals surface area contributed by atoms with Crippen LogP contribution in [0.2, 0.25) is 0 Å². The van der Waals surface area contributed by atoms with Gasteiger partial charge in [-0.1, -0.05) is 44.7 Å². The third-order valence-electron chi connectivity index (χ3n) is 5.04. The number of rotatable bonds is 11. The Labute approximate surface area is 194 Å². The van der Waals surface area contributed by atoms with Gasteiger partial charge in [0, 0.05) is 17.8 Å². The van der Waals surface area contributed by atoms with Gasteiger partial charge < -0.3 is 19.7 Å². The minimum absolute atomic E-state index is 0.0437. The summed E-state index contributed by atoms with van der Waals surface area (Å²) in [6, 6.07) is 17.9. The monoisotopic (exact) mass is 447 g/mol. The normalized spacial score (nSPS) is 10.9. The Kier molecular flexibility index (Phi) is 8.88. The van der Waals surface area contributed by atoms with E-state index < -0.39 is 5.97 Å². The van der Waals surface area contributed by atoms with Crippen LogP contribution in [0.4, 0.5) is 5.69 Å². The molecule has 0 saturated heterocycles. The fraction of sp³-hybridized carbons (Fsp3) is 0.259. The number of unbranched alkanes of at least 4 members (excludes halogenated alkanes) is 4. The van der Waals surface area contributed by atoms with Gasteiger partial charge in [-0.15, -0.1) is 0 Å². The number of nitrogens with zero attached hydrogens (tertiary/aromatic N) is 1. The van der Waals surface area contributed by atoms with Crippen LogP contribution in [0.15, 0.2) is 71.7 Å². The smallest absolute Gasteiger partial charge is 0.343 e. The van der Waals surface area contributed by atoms with Crippen LogP contribution in [0.1, 0.15) is 54.9 Å². The second-order valence-corrected chi connectivity index (χ2v) is 7.64. The molecule has 0 atom stereocenters. The number of hydrogen-bond donors (Lipinski definition) is 2. The molecular formula is C27H29NO5. The van der Waals surface area contributed by atoms with Crippen molar-refractivity contribution in [1.82, 2.24) is 0 Å². The Balaban J connectivity index is 1.53. The molecule has 6 heteroatoms. The number of phenolic OH excluding ortho intramolecular Hbond substituents is 2. The number of carbonyl (C=O) groups is 1. The summed E-state index contributed by atoms with van der Waals surface area (Å²) in [5.74, 6) is 0.345. The van der Waals surface area contributed by atoms with E-state index in [1.807, 2.05) is 0 Å². The zero-order valence-corrected chi connectivity index (χ0v) is 18.7. The molecule has 172 valence electrons. The fourth-order valence-corrected chi connectivity index (χ4v) is 3.16. The summed E-state index contributed by atoms with van der Waals surface area (Å²) < 4.78 is 11.1. The molecule has 0 spiro atoms. The van der Waals surface area contributed by atoms with E-state index in [0.29, 0.717) is 29.2 Å². The Morgan fingerprint density at radius 1 is 0.879 bits per heavy atom. The molecule has 0 amide bonds. The molecule has 3 aromatic rings. The van der Waals surface area contributed by atoms with E-state index in [0.717, 1.165) is 12.8 Å². The largest absolute Gasteiger partial charge is 0.507 e. The Hall–Kier alpha value is -3.80. The summed E-state index contributed by atoms with van der Waals surface area (Å²) in [5, 5.41) is 20.0. The number of phenols is 2. The Morgan fingerprint density at radius 3 is 2.33 bits per heavy atom. The number of esters is 1. The minimum atomic E-state index is -0.531. The van der Waals surface area contributed by atoms with Gasteiger partial charge in [0.25, 0.3) is 0 Å². The van der Waals surface area contributed by atoms with Crippen molar-refractivity contribution < 1.29 is 24.5 Å². The summed E-state index contributed by atoms with van der Waals surface area (Å²) in [7, 11) is 0. The molecule has 0 aliphatic carbocycles. The van der Waals surface area contributed by atoms with Crippen LogP contribution in [0.5, 0.6) is 23.0 Å². The van der Waals surface area contributed by atoms with Crippen molar-refractivity contribution in [3.63, 3.8) is 0 Å². The van der Waals surface area contributed by atoms with Crippen molar-refractivity contribution in [2.75, 3.05) is 6.61 Å². The molecule has 0 aromatic heterocycles. The van der Waals surface area contributed by atoms with Crippen LogP contribution in [-0.4, -0.2) is 29.0 Å². The first-order chi connectivity index (χ1) is 16.1. The van der Waals surface area contributed by atoms with E-state index in [-0.39, 0.29) is 17.2 Å². The number of ether oxygens (including phenoxy) is 2. The van der Waals surface area contributed by atoms with Crippen molar-refractivity contribution >= 4 is 17.9 Å². The topological polar surface area (TPSA) is 88.4 Å². The van der Waals surface area contributed by atoms with Gasteiger partial charge in [-0.05, 0) is 55.0 Å². The zero-order chi connectivity index (χ0) is 23.5. The lowest BCUT2D eigenvalue weighted by Gasteiger charge is -2.08. The molecule has 33 heavy (non-hydrogen) atoms. The maximum absolute atomic E-state index is 12.4. The second-order valence-electron chi connectivity index (χ2n) is 7.64. The van der Waals surface area contributed by atoms with E-state index in [1.165, 1.54) is 37.6 Å². The van der Waals surface area contributed by atoms with Crippen molar-refractivity contribution in [3.8, 4) is 23.0 Å². The lowest BCUT2D eigenvalue weighted by atomic mass is 10.2. The first-order valence-corrected chi connectivity index (χ1v) is 11.2. The van der Waals surface area contributed by atoms with Gasteiger partial charge in [0.2, 0.25) is 0 Å². The lowest BCUT2D eigenvalue weighted by molar-refractivity contribution is 0.0734. The third-order valence-corrected chi connectivity index (χ3v) is 5.04. The number of aliphatic imine (C=N–C) groups is 1. The summed E-state index contributed by atoms with van der Waals surface area (Å²) in [6.07, 6.45) is 7.30. The molecule has 0 aliphatic rings. The third kappa shape index (κ3) is 7.38. The minimum Gasteiger partial charge on any atom is -0.507 e. The number of aromatic hydroxyl groups is 2. The number of para-hydroxylation sites is 2. The van der Waals surface area contributed by atoms with Gasteiger partial charge in [-0.2, -0.15) is 0 Å².